The van der Waals surface area contributed by atoms with Crippen LogP contribution < -0.4 is 5.73 Å². The number of hydrogen-bond acceptors (Lipinski definition) is 3. The highest BCUT2D eigenvalue weighted by atomic mass is 16.3. The first-order chi connectivity index (χ1) is 9.72. The first kappa shape index (κ1) is 14.2. The molecule has 1 aromatic heterocycles. The minimum Gasteiger partial charge on any atom is -0.464 e. The van der Waals surface area contributed by atoms with Crippen molar-refractivity contribution in [2.75, 3.05) is 13.1 Å². The molecule has 3 rings (SSSR count). The fourth-order valence-corrected chi connectivity index (χ4v) is 3.83. The topological polar surface area (TPSA) is 42.4 Å². The molecule has 3 heteroatoms. The third-order valence-corrected chi connectivity index (χ3v) is 5.31. The summed E-state index contributed by atoms with van der Waals surface area (Å²) in [6, 6.07) is 5.01. The molecule has 2 saturated carbocycles. The lowest BCUT2D eigenvalue weighted by molar-refractivity contribution is 0.150. The van der Waals surface area contributed by atoms with Gasteiger partial charge in [-0.05, 0) is 56.3 Å². The fraction of sp³-hybridized carbons (Fsp3) is 0.765. The lowest BCUT2D eigenvalue weighted by Crippen LogP contribution is -2.39. The van der Waals surface area contributed by atoms with Crippen LogP contribution in [0.1, 0.15) is 57.0 Å². The minimum absolute atomic E-state index is 0.651. The summed E-state index contributed by atoms with van der Waals surface area (Å²) >= 11 is 0. The largest absolute Gasteiger partial charge is 0.464 e. The number of nitrogens with two attached hydrogens (primary N) is 1. The quantitative estimate of drug-likeness (QED) is 0.866. The van der Waals surface area contributed by atoms with Crippen LogP contribution in [0, 0.1) is 11.8 Å². The highest BCUT2D eigenvalue weighted by molar-refractivity contribution is 5.17. The van der Waals surface area contributed by atoms with E-state index >= 15 is 0 Å². The Hall–Kier alpha value is -0.800. The van der Waals surface area contributed by atoms with Gasteiger partial charge in [-0.1, -0.05) is 20.3 Å². The molecular formula is C17H28N2O. The second-order valence-corrected chi connectivity index (χ2v) is 6.68. The van der Waals surface area contributed by atoms with Crippen molar-refractivity contribution in [2.24, 2.45) is 17.6 Å². The molecule has 2 fully saturated rings. The number of furan rings is 1. The van der Waals surface area contributed by atoms with Gasteiger partial charge in [-0.2, -0.15) is 0 Å². The Bertz CT molecular complexity index is 442. The summed E-state index contributed by atoms with van der Waals surface area (Å²) in [5.74, 6) is 4.50. The molecule has 0 aromatic carbocycles. The van der Waals surface area contributed by atoms with Gasteiger partial charge < -0.3 is 10.2 Å². The van der Waals surface area contributed by atoms with Gasteiger partial charge >= 0.3 is 0 Å². The van der Waals surface area contributed by atoms with Gasteiger partial charge in [0.05, 0.1) is 6.54 Å². The second kappa shape index (κ2) is 5.90. The van der Waals surface area contributed by atoms with Crippen LogP contribution in [0.4, 0.5) is 0 Å². The van der Waals surface area contributed by atoms with Crippen LogP contribution in [0.5, 0.6) is 0 Å². The molecule has 4 unspecified atom stereocenters. The monoisotopic (exact) mass is 276 g/mol. The van der Waals surface area contributed by atoms with Crippen LogP contribution in [-0.4, -0.2) is 24.0 Å². The normalized spacial score (nSPS) is 33.0. The average molecular weight is 276 g/mol. The number of hydrogen-bond donors (Lipinski definition) is 1. The van der Waals surface area contributed by atoms with Gasteiger partial charge in [-0.3, -0.25) is 4.90 Å². The standard InChI is InChI=1S/C17H28N2O/c1-3-19(16-6-4-5-13(16)10-18)11-14-7-8-17(20-14)15-9-12(15)2/h7-8,12-13,15-16H,3-6,9-11,18H2,1-2H3. The van der Waals surface area contributed by atoms with E-state index < -0.39 is 0 Å². The molecule has 0 spiro atoms. The minimum atomic E-state index is 0.651. The lowest BCUT2D eigenvalue weighted by atomic mass is 10.0. The van der Waals surface area contributed by atoms with Crippen LogP contribution in [0.2, 0.25) is 0 Å². The second-order valence-electron chi connectivity index (χ2n) is 6.68. The van der Waals surface area contributed by atoms with E-state index in [1.165, 1.54) is 31.4 Å². The summed E-state index contributed by atoms with van der Waals surface area (Å²) in [5, 5.41) is 0. The Morgan fingerprint density at radius 3 is 2.80 bits per heavy atom. The zero-order valence-electron chi connectivity index (χ0n) is 12.8. The van der Waals surface area contributed by atoms with Crippen molar-refractivity contribution >= 4 is 0 Å². The van der Waals surface area contributed by atoms with E-state index in [0.717, 1.165) is 31.3 Å². The SMILES string of the molecule is CCN(Cc1ccc(C2CC2C)o1)C1CCCC1CN. The van der Waals surface area contributed by atoms with Crippen LogP contribution in [0.25, 0.3) is 0 Å². The van der Waals surface area contributed by atoms with E-state index in [0.29, 0.717) is 17.9 Å². The van der Waals surface area contributed by atoms with Crippen molar-refractivity contribution in [2.45, 2.75) is 58.0 Å². The molecule has 3 nitrogen and oxygen atoms in total. The molecule has 20 heavy (non-hydrogen) atoms. The Balaban J connectivity index is 1.63. The van der Waals surface area contributed by atoms with Gasteiger partial charge in [0.1, 0.15) is 11.5 Å². The number of rotatable bonds is 6. The molecule has 2 aliphatic rings. The molecule has 1 aromatic rings. The van der Waals surface area contributed by atoms with Gasteiger partial charge in [-0.25, -0.2) is 0 Å². The van der Waals surface area contributed by atoms with Crippen molar-refractivity contribution in [3.8, 4) is 0 Å². The van der Waals surface area contributed by atoms with E-state index in [1.54, 1.807) is 0 Å². The smallest absolute Gasteiger partial charge is 0.118 e. The molecule has 0 saturated heterocycles. The highest BCUT2D eigenvalue weighted by Crippen LogP contribution is 2.47. The van der Waals surface area contributed by atoms with Gasteiger partial charge in [0.2, 0.25) is 0 Å². The van der Waals surface area contributed by atoms with E-state index in [2.05, 4.69) is 30.9 Å². The zero-order chi connectivity index (χ0) is 14.1. The maximum absolute atomic E-state index is 6.07. The highest BCUT2D eigenvalue weighted by Gasteiger charge is 2.37. The molecule has 112 valence electrons. The Labute approximate surface area is 122 Å². The predicted octanol–water partition coefficient (Wildman–Crippen LogP) is 3.35. The third-order valence-electron chi connectivity index (χ3n) is 5.31. The zero-order valence-corrected chi connectivity index (χ0v) is 12.8. The first-order valence-electron chi connectivity index (χ1n) is 8.25. The van der Waals surface area contributed by atoms with E-state index in [1.807, 2.05) is 0 Å². The van der Waals surface area contributed by atoms with E-state index in [-0.39, 0.29) is 0 Å². The van der Waals surface area contributed by atoms with Gasteiger partial charge in [0.15, 0.2) is 0 Å². The van der Waals surface area contributed by atoms with E-state index in [9.17, 15) is 0 Å². The molecule has 2 aliphatic carbocycles. The van der Waals surface area contributed by atoms with Gasteiger partial charge in [-0.15, -0.1) is 0 Å². The average Bonchev–Trinajstić information content (AvgIpc) is 2.88. The van der Waals surface area contributed by atoms with Crippen LogP contribution in [-0.2, 0) is 6.54 Å². The first-order valence-corrected chi connectivity index (χ1v) is 8.25. The molecular weight excluding hydrogens is 248 g/mol. The molecule has 0 bridgehead atoms. The molecule has 1 heterocycles. The summed E-state index contributed by atoms with van der Waals surface area (Å²) in [6.07, 6.45) is 5.21. The number of nitrogens with zero attached hydrogens (tertiary/aromatic N) is 1. The molecule has 0 radical (unpaired) electrons. The predicted molar refractivity (Wildman–Crippen MR) is 81.5 cm³/mol. The summed E-state index contributed by atoms with van der Waals surface area (Å²) in [7, 11) is 0. The van der Waals surface area contributed by atoms with E-state index in [4.69, 9.17) is 10.2 Å². The third kappa shape index (κ3) is 2.79. The summed E-state index contributed by atoms with van der Waals surface area (Å²) < 4.78 is 6.07. The van der Waals surface area contributed by atoms with Crippen LogP contribution in [0.3, 0.4) is 0 Å². The Morgan fingerprint density at radius 1 is 1.35 bits per heavy atom. The lowest BCUT2D eigenvalue weighted by Gasteiger charge is -2.31. The van der Waals surface area contributed by atoms with Crippen molar-refractivity contribution in [1.82, 2.24) is 4.90 Å². The van der Waals surface area contributed by atoms with Gasteiger partial charge in [0, 0.05) is 12.0 Å². The van der Waals surface area contributed by atoms with Crippen molar-refractivity contribution < 1.29 is 4.42 Å². The van der Waals surface area contributed by atoms with Crippen LogP contribution in [0.15, 0.2) is 16.5 Å². The molecule has 0 aliphatic heterocycles. The maximum Gasteiger partial charge on any atom is 0.118 e. The maximum atomic E-state index is 6.07. The summed E-state index contributed by atoms with van der Waals surface area (Å²) in [5.41, 5.74) is 5.93. The fourth-order valence-electron chi connectivity index (χ4n) is 3.83. The van der Waals surface area contributed by atoms with Crippen molar-refractivity contribution in [3.05, 3.63) is 23.7 Å². The Morgan fingerprint density at radius 2 is 2.15 bits per heavy atom. The van der Waals surface area contributed by atoms with Crippen LogP contribution >= 0.6 is 0 Å². The summed E-state index contributed by atoms with van der Waals surface area (Å²) in [4.78, 5) is 2.56. The summed E-state index contributed by atoms with van der Waals surface area (Å²) in [6.45, 7) is 7.40. The van der Waals surface area contributed by atoms with Crippen molar-refractivity contribution in [1.29, 1.82) is 0 Å². The Kier molecular flexibility index (Phi) is 4.18. The molecule has 0 amide bonds. The molecule has 2 N–H and O–H groups in total. The van der Waals surface area contributed by atoms with Crippen molar-refractivity contribution in [3.63, 3.8) is 0 Å². The molecule has 4 atom stereocenters. The van der Waals surface area contributed by atoms with Gasteiger partial charge in [0.25, 0.3) is 0 Å².